The summed E-state index contributed by atoms with van der Waals surface area (Å²) in [7, 11) is 3.61. The smallest absolute Gasteiger partial charge is 0.308 e. The predicted octanol–water partition coefficient (Wildman–Crippen LogP) is -0.273. The van der Waals surface area contributed by atoms with Crippen LogP contribution in [-0.4, -0.2) is 92.1 Å². The number of esters is 1. The highest BCUT2D eigenvalue weighted by Crippen LogP contribution is 2.66. The van der Waals surface area contributed by atoms with Gasteiger partial charge in [-0.05, 0) is 56.1 Å². The van der Waals surface area contributed by atoms with Crippen LogP contribution in [0.2, 0.25) is 0 Å². The average Bonchev–Trinajstić information content (AvgIpc) is 2.95. The average molecular weight is 656 g/mol. The fraction of sp³-hybridized carbons (Fsp3) is 0.600. The van der Waals surface area contributed by atoms with Crippen molar-refractivity contribution >= 4 is 23.7 Å². The number of aliphatic hydroxyl groups excluding tert-OH is 1. The molecule has 3 aliphatic carbocycles. The van der Waals surface area contributed by atoms with E-state index in [0.717, 1.165) is 5.56 Å². The second-order valence-electron chi connectivity index (χ2n) is 14.6. The number of ketones is 1. The number of carbonyl (C=O) groups excluding carboxylic acids is 4. The summed E-state index contributed by atoms with van der Waals surface area (Å²) in [5.74, 6) is -6.64. The van der Waals surface area contributed by atoms with E-state index in [1.165, 1.54) is 27.7 Å². The van der Waals surface area contributed by atoms with Crippen molar-refractivity contribution in [3.63, 3.8) is 0 Å². The first-order chi connectivity index (χ1) is 21.6. The number of Topliss-reactive ketones (excluding diaryl/α,β-unsaturated/α-hetero) is 1. The molecule has 2 saturated carbocycles. The largest absolute Gasteiger partial charge is 0.550 e. The van der Waals surface area contributed by atoms with Gasteiger partial charge in [-0.1, -0.05) is 57.7 Å². The molecule has 0 radical (unpaired) electrons. The number of nitrogens with zero attached hydrogens (tertiary/aromatic N) is 1. The van der Waals surface area contributed by atoms with Gasteiger partial charge in [0.1, 0.15) is 22.9 Å². The minimum atomic E-state index is -2.80. The molecule has 47 heavy (non-hydrogen) atoms. The summed E-state index contributed by atoms with van der Waals surface area (Å²) in [6.45, 7) is 9.50. The van der Waals surface area contributed by atoms with Crippen LogP contribution in [0.25, 0.3) is 0 Å². The molecule has 0 spiro atoms. The van der Waals surface area contributed by atoms with Crippen molar-refractivity contribution in [3.05, 3.63) is 59.2 Å². The van der Waals surface area contributed by atoms with E-state index >= 15 is 0 Å². The Morgan fingerprint density at radius 3 is 2.15 bits per heavy atom. The van der Waals surface area contributed by atoms with Gasteiger partial charge in [-0.3, -0.25) is 9.59 Å². The zero-order valence-corrected chi connectivity index (χ0v) is 27.7. The normalized spacial score (nSPS) is 35.9. The van der Waals surface area contributed by atoms with Gasteiger partial charge in [-0.15, -0.1) is 0 Å². The van der Waals surface area contributed by atoms with Crippen LogP contribution in [0.3, 0.4) is 0 Å². The van der Waals surface area contributed by atoms with Gasteiger partial charge < -0.3 is 49.9 Å². The lowest BCUT2D eigenvalue weighted by Gasteiger charge is -2.68. The maximum atomic E-state index is 13.5. The number of hydrogen-bond acceptors (Lipinski definition) is 12. The number of aliphatic carboxylic acids is 2. The minimum Gasteiger partial charge on any atom is -0.550 e. The number of aliphatic hydroxyl groups is 4. The third-order valence-corrected chi connectivity index (χ3v) is 11.2. The van der Waals surface area contributed by atoms with Gasteiger partial charge in [0, 0.05) is 54.0 Å². The molecule has 1 aromatic rings. The standard InChI is InChI=1S/C35H47NO11/c1-19-23(37)16-35(46)31(3,4)28(19)33(44,17-25(38)39)30(43)32(5)14-13-24(20(2)29(32)34(35,45)18-26(40)41)47-27(42)15-22(36(6)7)21-11-9-8-10-12-21/h8-12,22,24,29-30,43-46H,2,13-18H2,1,3-7H3,(H,38,39)(H,40,41)/p-2/t22?,24-,29+,30+,32+,33+,34-,35-/m0/s1. The number of hydrogen-bond donors (Lipinski definition) is 4. The summed E-state index contributed by atoms with van der Waals surface area (Å²) in [5, 5.41) is 74.1. The van der Waals surface area contributed by atoms with Crippen LogP contribution in [0, 0.1) is 16.7 Å². The molecule has 8 atom stereocenters. The van der Waals surface area contributed by atoms with E-state index in [1.807, 2.05) is 35.2 Å². The first kappa shape index (κ1) is 36.4. The van der Waals surface area contributed by atoms with E-state index in [9.17, 15) is 49.8 Å². The molecule has 0 aromatic heterocycles. The summed E-state index contributed by atoms with van der Waals surface area (Å²) in [4.78, 5) is 53.2. The Balaban J connectivity index is 1.88. The zero-order valence-electron chi connectivity index (χ0n) is 27.7. The van der Waals surface area contributed by atoms with Crippen LogP contribution in [0.4, 0.5) is 0 Å². The number of carboxylic acid groups (broad SMARTS) is 2. The summed E-state index contributed by atoms with van der Waals surface area (Å²) < 4.78 is 5.90. The van der Waals surface area contributed by atoms with Crippen molar-refractivity contribution in [1.29, 1.82) is 0 Å². The van der Waals surface area contributed by atoms with Gasteiger partial charge in [0.25, 0.3) is 0 Å². The number of ether oxygens (including phenoxy) is 1. The molecule has 0 amide bonds. The fourth-order valence-corrected chi connectivity index (χ4v) is 9.06. The van der Waals surface area contributed by atoms with Gasteiger partial charge in [0.05, 0.1) is 12.5 Å². The van der Waals surface area contributed by atoms with E-state index in [1.54, 1.807) is 14.1 Å². The Kier molecular flexibility index (Phi) is 9.48. The molecular formula is C35H45NO11-2. The van der Waals surface area contributed by atoms with Crippen molar-refractivity contribution in [2.75, 3.05) is 14.1 Å². The highest BCUT2D eigenvalue weighted by atomic mass is 16.5. The Morgan fingerprint density at radius 1 is 1.04 bits per heavy atom. The predicted molar refractivity (Wildman–Crippen MR) is 164 cm³/mol. The highest BCUT2D eigenvalue weighted by Gasteiger charge is 2.74. The molecule has 4 N–H and O–H groups in total. The second-order valence-corrected chi connectivity index (χ2v) is 14.6. The number of benzene rings is 1. The summed E-state index contributed by atoms with van der Waals surface area (Å²) in [6.07, 6.45) is -6.64. The van der Waals surface area contributed by atoms with Crippen LogP contribution in [0.1, 0.15) is 77.8 Å². The van der Waals surface area contributed by atoms with Gasteiger partial charge in [-0.2, -0.15) is 0 Å². The van der Waals surface area contributed by atoms with Crippen molar-refractivity contribution in [2.45, 2.75) is 101 Å². The van der Waals surface area contributed by atoms with Gasteiger partial charge >= 0.3 is 5.97 Å². The molecule has 0 heterocycles. The molecule has 2 fully saturated rings. The number of rotatable bonds is 9. The van der Waals surface area contributed by atoms with Crippen LogP contribution in [-0.2, 0) is 23.9 Å². The molecule has 4 rings (SSSR count). The number of fused-ring (bicyclic) bond motifs is 3. The van der Waals surface area contributed by atoms with Gasteiger partial charge in [-0.25, -0.2) is 0 Å². The summed E-state index contributed by atoms with van der Waals surface area (Å²) in [5.41, 5.74) is -11.5. The van der Waals surface area contributed by atoms with Crippen molar-refractivity contribution in [2.24, 2.45) is 16.7 Å². The van der Waals surface area contributed by atoms with Gasteiger partial charge in [0.2, 0.25) is 0 Å². The first-order valence-electron chi connectivity index (χ1n) is 15.7. The third kappa shape index (κ3) is 5.63. The van der Waals surface area contributed by atoms with E-state index in [4.69, 9.17) is 4.74 Å². The lowest BCUT2D eigenvalue weighted by molar-refractivity contribution is -0.327. The molecule has 258 valence electrons. The Labute approximate surface area is 274 Å². The zero-order chi connectivity index (χ0) is 35.5. The SMILES string of the molecule is C=C1[C@@H](OC(=O)CC(c2ccccc2)N(C)C)CC[C@@]2(C)[C@@H](O)[C@@](O)(CC(=O)[O-])C3=C(C)C(=O)C[C@](O)(C3(C)C)[C@](O)(CC(=O)[O-])[C@H]12. The molecule has 12 heteroatoms. The summed E-state index contributed by atoms with van der Waals surface area (Å²) >= 11 is 0. The van der Waals surface area contributed by atoms with E-state index in [0.29, 0.717) is 0 Å². The van der Waals surface area contributed by atoms with Crippen molar-refractivity contribution in [1.82, 2.24) is 4.90 Å². The van der Waals surface area contributed by atoms with Gasteiger partial charge in [0.15, 0.2) is 5.78 Å². The van der Waals surface area contributed by atoms with Crippen LogP contribution in [0.15, 0.2) is 53.6 Å². The highest BCUT2D eigenvalue weighted by molar-refractivity contribution is 5.99. The topological polar surface area (TPSA) is 208 Å². The number of carbonyl (C=O) groups is 4. The quantitative estimate of drug-likeness (QED) is 0.200. The molecule has 1 aromatic carbocycles. The van der Waals surface area contributed by atoms with Crippen molar-refractivity contribution in [3.8, 4) is 0 Å². The van der Waals surface area contributed by atoms with Crippen LogP contribution < -0.4 is 10.2 Å². The molecule has 2 bridgehead atoms. The third-order valence-electron chi connectivity index (χ3n) is 11.2. The van der Waals surface area contributed by atoms with E-state index in [-0.39, 0.29) is 42.0 Å². The second kappa shape index (κ2) is 12.2. The number of carboxylic acids is 2. The molecule has 0 aliphatic heterocycles. The number of allylic oxidation sites excluding steroid dienone is 1. The molecular weight excluding hydrogens is 610 g/mol. The van der Waals surface area contributed by atoms with E-state index < -0.39 is 88.7 Å². The lowest BCUT2D eigenvalue weighted by atomic mass is 9.41. The van der Waals surface area contributed by atoms with E-state index in [2.05, 4.69) is 6.58 Å². The van der Waals surface area contributed by atoms with Crippen molar-refractivity contribution < 1.29 is 54.6 Å². The monoisotopic (exact) mass is 655 g/mol. The Hall–Kier alpha value is -3.42. The lowest BCUT2D eigenvalue weighted by Crippen LogP contribution is -2.78. The Bertz CT molecular complexity index is 1500. The fourth-order valence-electron chi connectivity index (χ4n) is 9.06. The molecule has 12 nitrogen and oxygen atoms in total. The Morgan fingerprint density at radius 2 is 1.62 bits per heavy atom. The maximum Gasteiger partial charge on any atom is 0.308 e. The minimum absolute atomic E-state index is 0.00577. The molecule has 1 unspecified atom stereocenters. The molecule has 0 saturated heterocycles. The maximum absolute atomic E-state index is 13.5. The van der Waals surface area contributed by atoms with Crippen LogP contribution >= 0.6 is 0 Å². The molecule has 3 aliphatic rings. The van der Waals surface area contributed by atoms with Crippen LogP contribution in [0.5, 0.6) is 0 Å². The first-order valence-corrected chi connectivity index (χ1v) is 15.7. The summed E-state index contributed by atoms with van der Waals surface area (Å²) in [6, 6.07) is 8.89.